The Kier molecular flexibility index (Phi) is 8.64. The molecular formula is C60H61NO. The molecule has 0 aliphatic heterocycles. The summed E-state index contributed by atoms with van der Waals surface area (Å²) in [5.74, 6) is 0. The van der Waals surface area contributed by atoms with Crippen molar-refractivity contribution in [2.75, 3.05) is 4.90 Å². The van der Waals surface area contributed by atoms with Crippen LogP contribution in [-0.4, -0.2) is 0 Å². The van der Waals surface area contributed by atoms with Gasteiger partial charge in [0.05, 0.1) is 5.69 Å². The maximum atomic E-state index is 7.29. The first-order chi connectivity index (χ1) is 29.1. The third-order valence-corrected chi connectivity index (χ3v) is 14.3. The zero-order chi connectivity index (χ0) is 43.9. The Balaban J connectivity index is 1.27. The summed E-state index contributed by atoms with van der Waals surface area (Å²) >= 11 is 0. The van der Waals surface area contributed by atoms with Gasteiger partial charge in [-0.05, 0) is 119 Å². The SMILES string of the molecule is CC(C)(C)c1ccc(-c2cc(N(c3ccc4c(c3)C(C)(C)c3ccccc3-4)c3ccc4c(c3)C(C)(C)c3cc(C(C)(C)C)ccc3-4)c3oc4c(C(C)(C)C)cccc4c3c2)cc1. The molecule has 0 saturated carbocycles. The van der Waals surface area contributed by atoms with Gasteiger partial charge >= 0.3 is 0 Å². The van der Waals surface area contributed by atoms with Crippen molar-refractivity contribution >= 4 is 39.0 Å². The van der Waals surface area contributed by atoms with Gasteiger partial charge in [-0.15, -0.1) is 0 Å². The lowest BCUT2D eigenvalue weighted by Gasteiger charge is -2.30. The highest BCUT2D eigenvalue weighted by molar-refractivity contribution is 6.13. The van der Waals surface area contributed by atoms with Crippen molar-refractivity contribution in [3.8, 4) is 33.4 Å². The van der Waals surface area contributed by atoms with Crippen LogP contribution in [0.2, 0.25) is 0 Å². The van der Waals surface area contributed by atoms with Crippen LogP contribution in [-0.2, 0) is 27.1 Å². The molecule has 0 amide bonds. The molecule has 10 rings (SSSR count). The van der Waals surface area contributed by atoms with Crippen LogP contribution in [0.25, 0.3) is 55.3 Å². The molecule has 7 aromatic carbocycles. The lowest BCUT2D eigenvalue weighted by atomic mass is 9.79. The molecule has 0 atom stereocenters. The van der Waals surface area contributed by atoms with Crippen molar-refractivity contribution in [2.24, 2.45) is 0 Å². The highest BCUT2D eigenvalue weighted by Gasteiger charge is 2.39. The van der Waals surface area contributed by atoms with E-state index in [2.05, 4.69) is 228 Å². The number of furan rings is 1. The van der Waals surface area contributed by atoms with Gasteiger partial charge in [0.1, 0.15) is 5.58 Å². The number of rotatable bonds is 4. The van der Waals surface area contributed by atoms with E-state index in [0.717, 1.165) is 39.0 Å². The highest BCUT2D eigenvalue weighted by Crippen LogP contribution is 2.55. The number of fused-ring (bicyclic) bond motifs is 9. The summed E-state index contributed by atoms with van der Waals surface area (Å²) in [6.07, 6.45) is 0. The van der Waals surface area contributed by atoms with Crippen molar-refractivity contribution in [2.45, 2.75) is 117 Å². The van der Waals surface area contributed by atoms with Crippen LogP contribution in [0, 0.1) is 0 Å². The van der Waals surface area contributed by atoms with E-state index in [1.54, 1.807) is 0 Å². The summed E-state index contributed by atoms with van der Waals surface area (Å²) in [5.41, 5.74) is 21.8. The number of hydrogen-bond acceptors (Lipinski definition) is 2. The van der Waals surface area contributed by atoms with Crippen LogP contribution in [0.15, 0.2) is 138 Å². The Labute approximate surface area is 369 Å². The lowest BCUT2D eigenvalue weighted by Crippen LogP contribution is -2.19. The van der Waals surface area contributed by atoms with Crippen molar-refractivity contribution < 1.29 is 4.42 Å². The van der Waals surface area contributed by atoms with E-state index in [1.807, 2.05) is 0 Å². The molecule has 2 aliphatic rings. The Morgan fingerprint density at radius 3 is 1.53 bits per heavy atom. The Morgan fingerprint density at radius 1 is 0.403 bits per heavy atom. The third-order valence-electron chi connectivity index (χ3n) is 14.3. The molecule has 0 N–H and O–H groups in total. The largest absolute Gasteiger partial charge is 0.454 e. The second-order valence-corrected chi connectivity index (χ2v) is 22.3. The molecule has 0 radical (unpaired) electrons. The quantitative estimate of drug-likeness (QED) is 0.176. The van der Waals surface area contributed by atoms with E-state index in [0.29, 0.717) is 0 Å². The monoisotopic (exact) mass is 811 g/mol. The van der Waals surface area contributed by atoms with E-state index in [4.69, 9.17) is 4.42 Å². The minimum absolute atomic E-state index is 0.0604. The van der Waals surface area contributed by atoms with E-state index in [1.165, 1.54) is 72.3 Å². The molecule has 1 heterocycles. The summed E-state index contributed by atoms with van der Waals surface area (Å²) in [4.78, 5) is 2.49. The van der Waals surface area contributed by atoms with Gasteiger partial charge in [0.15, 0.2) is 5.58 Å². The van der Waals surface area contributed by atoms with Gasteiger partial charge in [-0.25, -0.2) is 0 Å². The van der Waals surface area contributed by atoms with Crippen LogP contribution in [0.4, 0.5) is 17.1 Å². The molecule has 8 aromatic rings. The summed E-state index contributed by atoms with van der Waals surface area (Å²) < 4.78 is 7.29. The predicted octanol–water partition coefficient (Wildman–Crippen LogP) is 17.2. The summed E-state index contributed by atoms with van der Waals surface area (Å²) in [6.45, 7) is 30.2. The first-order valence-corrected chi connectivity index (χ1v) is 22.6. The maximum Gasteiger partial charge on any atom is 0.159 e. The first-order valence-electron chi connectivity index (χ1n) is 22.6. The van der Waals surface area contributed by atoms with Gasteiger partial charge in [0, 0.05) is 38.5 Å². The van der Waals surface area contributed by atoms with E-state index in [9.17, 15) is 0 Å². The molecule has 1 aromatic heterocycles. The van der Waals surface area contributed by atoms with Crippen LogP contribution >= 0.6 is 0 Å². The fourth-order valence-corrected chi connectivity index (χ4v) is 10.6. The molecule has 2 aliphatic carbocycles. The number of anilines is 3. The maximum absolute atomic E-state index is 7.29. The molecule has 0 bridgehead atoms. The predicted molar refractivity (Wildman–Crippen MR) is 265 cm³/mol. The molecule has 0 fully saturated rings. The molecular weight excluding hydrogens is 751 g/mol. The molecule has 312 valence electrons. The second kappa shape index (κ2) is 13.3. The average molecular weight is 812 g/mol. The normalized spacial score (nSPS) is 15.1. The Bertz CT molecular complexity index is 3110. The van der Waals surface area contributed by atoms with Crippen LogP contribution in [0.3, 0.4) is 0 Å². The molecule has 2 nitrogen and oxygen atoms in total. The number of para-hydroxylation sites is 1. The standard InChI is InChI=1S/C60H61NO/c1-56(2,3)38-23-21-36(22-24-38)37-31-47-46-18-16-20-49(58(7,8)9)54(46)62-55(47)53(32-37)61(40-26-29-44-42-17-14-15-19-48(42)59(10,11)51(44)34-40)41-27-30-45-43-28-25-39(57(4,5)6)33-50(43)60(12,13)52(45)35-41/h14-35H,1-13H3. The topological polar surface area (TPSA) is 16.4 Å². The van der Waals surface area contributed by atoms with Crippen LogP contribution in [0.5, 0.6) is 0 Å². The molecule has 0 saturated heterocycles. The average Bonchev–Trinajstić information content (AvgIpc) is 3.79. The van der Waals surface area contributed by atoms with Crippen molar-refractivity contribution in [3.63, 3.8) is 0 Å². The lowest BCUT2D eigenvalue weighted by molar-refractivity contribution is 0.573. The zero-order valence-corrected chi connectivity index (χ0v) is 39.1. The van der Waals surface area contributed by atoms with E-state index in [-0.39, 0.29) is 27.1 Å². The van der Waals surface area contributed by atoms with Gasteiger partial charge in [-0.2, -0.15) is 0 Å². The van der Waals surface area contributed by atoms with Crippen LogP contribution < -0.4 is 4.90 Å². The van der Waals surface area contributed by atoms with Gasteiger partial charge < -0.3 is 9.32 Å². The molecule has 0 unspecified atom stereocenters. The fraction of sp³-hybridized carbons (Fsp3) is 0.300. The number of nitrogens with zero attached hydrogens (tertiary/aromatic N) is 1. The number of benzene rings is 7. The van der Waals surface area contributed by atoms with Gasteiger partial charge in [0.2, 0.25) is 0 Å². The van der Waals surface area contributed by atoms with Gasteiger partial charge in [-0.1, -0.05) is 187 Å². The highest BCUT2D eigenvalue weighted by atomic mass is 16.3. The van der Waals surface area contributed by atoms with Crippen molar-refractivity contribution in [1.82, 2.24) is 0 Å². The van der Waals surface area contributed by atoms with Crippen LogP contribution in [0.1, 0.15) is 129 Å². The third kappa shape index (κ3) is 6.11. The van der Waals surface area contributed by atoms with Crippen molar-refractivity contribution in [1.29, 1.82) is 0 Å². The smallest absolute Gasteiger partial charge is 0.159 e. The zero-order valence-electron chi connectivity index (χ0n) is 39.1. The second-order valence-electron chi connectivity index (χ2n) is 22.3. The summed E-state index contributed by atoms with van der Waals surface area (Å²) in [7, 11) is 0. The Hall–Kier alpha value is -5.86. The summed E-state index contributed by atoms with van der Waals surface area (Å²) in [5, 5.41) is 2.27. The van der Waals surface area contributed by atoms with E-state index < -0.39 is 0 Å². The number of hydrogen-bond donors (Lipinski definition) is 0. The molecule has 62 heavy (non-hydrogen) atoms. The minimum atomic E-state index is -0.192. The van der Waals surface area contributed by atoms with E-state index >= 15 is 0 Å². The Morgan fingerprint density at radius 2 is 0.935 bits per heavy atom. The van der Waals surface area contributed by atoms with Crippen molar-refractivity contribution in [3.05, 3.63) is 172 Å². The minimum Gasteiger partial charge on any atom is -0.454 e. The van der Waals surface area contributed by atoms with Gasteiger partial charge in [-0.3, -0.25) is 0 Å². The molecule has 2 heteroatoms. The van der Waals surface area contributed by atoms with Gasteiger partial charge in [0.25, 0.3) is 0 Å². The fourth-order valence-electron chi connectivity index (χ4n) is 10.6. The first kappa shape index (κ1) is 40.2. The molecule has 0 spiro atoms. The summed E-state index contributed by atoms with van der Waals surface area (Å²) in [6, 6.07) is 51.0.